The largest absolute Gasteiger partial charge is 0.482 e. The Hall–Kier alpha value is -3.35. The fourth-order valence-electron chi connectivity index (χ4n) is 2.62. The van der Waals surface area contributed by atoms with Gasteiger partial charge in [0.05, 0.1) is 6.42 Å². The molecule has 0 aliphatic carbocycles. The Morgan fingerprint density at radius 3 is 2.50 bits per heavy atom. The van der Waals surface area contributed by atoms with Gasteiger partial charge in [0.1, 0.15) is 11.8 Å². The summed E-state index contributed by atoms with van der Waals surface area (Å²) in [5, 5.41) is 14.2. The summed E-state index contributed by atoms with van der Waals surface area (Å²) < 4.78 is 5.11. The first-order valence-corrected chi connectivity index (χ1v) is 9.06. The molecular formula is C21H24N2O5. The Morgan fingerprint density at radius 1 is 1.07 bits per heavy atom. The van der Waals surface area contributed by atoms with Gasteiger partial charge in [-0.05, 0) is 24.1 Å². The van der Waals surface area contributed by atoms with Crippen LogP contribution in [0.5, 0.6) is 5.75 Å². The predicted octanol–water partition coefficient (Wildman–Crippen LogP) is 2.62. The molecule has 0 heterocycles. The van der Waals surface area contributed by atoms with Crippen molar-refractivity contribution in [3.05, 3.63) is 60.2 Å². The lowest BCUT2D eigenvalue weighted by Gasteiger charge is -2.18. The minimum atomic E-state index is -1.08. The van der Waals surface area contributed by atoms with Crippen molar-refractivity contribution in [1.29, 1.82) is 0 Å². The number of carboxylic acid groups (broad SMARTS) is 1. The molecule has 0 radical (unpaired) electrons. The van der Waals surface area contributed by atoms with Crippen LogP contribution in [0, 0.1) is 0 Å². The maximum Gasteiger partial charge on any atom is 0.341 e. The molecule has 0 saturated carbocycles. The van der Waals surface area contributed by atoms with Gasteiger partial charge in [0.15, 0.2) is 6.61 Å². The number of benzene rings is 2. The molecule has 2 amide bonds. The molecule has 148 valence electrons. The van der Waals surface area contributed by atoms with Crippen molar-refractivity contribution < 1.29 is 24.2 Å². The lowest BCUT2D eigenvalue weighted by molar-refractivity contribution is -0.139. The molecule has 0 spiro atoms. The number of ether oxygens (including phenoxy) is 1. The van der Waals surface area contributed by atoms with Gasteiger partial charge in [0.25, 0.3) is 0 Å². The van der Waals surface area contributed by atoms with Crippen molar-refractivity contribution in [2.24, 2.45) is 0 Å². The number of anilines is 1. The van der Waals surface area contributed by atoms with Crippen LogP contribution in [0.2, 0.25) is 0 Å². The first kappa shape index (κ1) is 21.0. The number of rotatable bonds is 10. The molecule has 2 aromatic rings. The molecular weight excluding hydrogens is 360 g/mol. The highest BCUT2D eigenvalue weighted by Gasteiger charge is 2.20. The van der Waals surface area contributed by atoms with E-state index in [2.05, 4.69) is 10.6 Å². The topological polar surface area (TPSA) is 105 Å². The molecule has 0 bridgehead atoms. The fraction of sp³-hybridized carbons (Fsp3) is 0.286. The standard InChI is InChI=1S/C21H24N2O5/c1-2-7-18(23-19(24)12-15-8-4-3-5-9-15)21(27)22-16-10-6-11-17(13-16)28-14-20(25)26/h3-6,8-11,13,18H,2,7,12,14H2,1H3,(H,22,27)(H,23,24)(H,25,26). The van der Waals surface area contributed by atoms with Crippen LogP contribution in [0.15, 0.2) is 54.6 Å². The lowest BCUT2D eigenvalue weighted by atomic mass is 10.1. The van der Waals surface area contributed by atoms with E-state index in [9.17, 15) is 14.4 Å². The molecule has 0 aliphatic heterocycles. The van der Waals surface area contributed by atoms with Gasteiger partial charge in [-0.15, -0.1) is 0 Å². The van der Waals surface area contributed by atoms with Gasteiger partial charge in [0, 0.05) is 11.8 Å². The Bertz CT molecular complexity index is 807. The van der Waals surface area contributed by atoms with Gasteiger partial charge >= 0.3 is 5.97 Å². The number of amides is 2. The van der Waals surface area contributed by atoms with Crippen molar-refractivity contribution in [3.63, 3.8) is 0 Å². The van der Waals surface area contributed by atoms with E-state index in [-0.39, 0.29) is 18.2 Å². The summed E-state index contributed by atoms with van der Waals surface area (Å²) >= 11 is 0. The van der Waals surface area contributed by atoms with Crippen molar-refractivity contribution in [2.45, 2.75) is 32.2 Å². The quantitative estimate of drug-likeness (QED) is 0.584. The first-order chi connectivity index (χ1) is 13.5. The van der Waals surface area contributed by atoms with Crippen LogP contribution in [-0.2, 0) is 20.8 Å². The summed E-state index contributed by atoms with van der Waals surface area (Å²) in [6, 6.07) is 15.1. The first-order valence-electron chi connectivity index (χ1n) is 9.06. The van der Waals surface area contributed by atoms with Crippen LogP contribution in [0.1, 0.15) is 25.3 Å². The molecule has 1 atom stereocenters. The number of hydrogen-bond acceptors (Lipinski definition) is 4. The van der Waals surface area contributed by atoms with E-state index >= 15 is 0 Å². The highest BCUT2D eigenvalue weighted by Crippen LogP contribution is 2.18. The molecule has 2 aromatic carbocycles. The van der Waals surface area contributed by atoms with Crippen molar-refractivity contribution in [3.8, 4) is 5.75 Å². The second-order valence-electron chi connectivity index (χ2n) is 6.27. The van der Waals surface area contributed by atoms with E-state index < -0.39 is 18.6 Å². The minimum absolute atomic E-state index is 0.201. The van der Waals surface area contributed by atoms with Crippen molar-refractivity contribution in [1.82, 2.24) is 5.32 Å². The zero-order valence-corrected chi connectivity index (χ0v) is 15.7. The van der Waals surface area contributed by atoms with E-state index in [4.69, 9.17) is 9.84 Å². The fourth-order valence-corrected chi connectivity index (χ4v) is 2.62. The van der Waals surface area contributed by atoms with E-state index in [1.165, 1.54) is 6.07 Å². The predicted molar refractivity (Wildman–Crippen MR) is 105 cm³/mol. The maximum atomic E-state index is 12.6. The Kier molecular flexibility index (Phi) is 8.02. The highest BCUT2D eigenvalue weighted by molar-refractivity contribution is 5.97. The number of nitrogens with one attached hydrogen (secondary N) is 2. The summed E-state index contributed by atoms with van der Waals surface area (Å²) in [5.41, 5.74) is 1.34. The Labute approximate surface area is 163 Å². The second-order valence-corrected chi connectivity index (χ2v) is 6.27. The molecule has 1 unspecified atom stereocenters. The zero-order valence-electron chi connectivity index (χ0n) is 15.7. The molecule has 0 aliphatic rings. The van der Waals surface area contributed by atoms with E-state index in [0.717, 1.165) is 12.0 Å². The Morgan fingerprint density at radius 2 is 1.82 bits per heavy atom. The van der Waals surface area contributed by atoms with Crippen LogP contribution in [-0.4, -0.2) is 35.5 Å². The third kappa shape index (κ3) is 7.11. The molecule has 3 N–H and O–H groups in total. The summed E-state index contributed by atoms with van der Waals surface area (Å²) in [7, 11) is 0. The molecule has 28 heavy (non-hydrogen) atoms. The van der Waals surface area contributed by atoms with E-state index in [1.54, 1.807) is 18.2 Å². The van der Waals surface area contributed by atoms with Gasteiger partial charge in [0.2, 0.25) is 11.8 Å². The molecule has 2 rings (SSSR count). The third-order valence-corrected chi connectivity index (χ3v) is 3.90. The van der Waals surface area contributed by atoms with Gasteiger partial charge in [-0.1, -0.05) is 49.7 Å². The second kappa shape index (κ2) is 10.7. The zero-order chi connectivity index (χ0) is 20.4. The molecule has 0 saturated heterocycles. The smallest absolute Gasteiger partial charge is 0.341 e. The third-order valence-electron chi connectivity index (χ3n) is 3.90. The van der Waals surface area contributed by atoms with Crippen LogP contribution in [0.3, 0.4) is 0 Å². The van der Waals surface area contributed by atoms with Crippen molar-refractivity contribution >= 4 is 23.5 Å². The number of carbonyl (C=O) groups excluding carboxylic acids is 2. The highest BCUT2D eigenvalue weighted by atomic mass is 16.5. The van der Waals surface area contributed by atoms with Gasteiger partial charge in [-0.2, -0.15) is 0 Å². The monoisotopic (exact) mass is 384 g/mol. The maximum absolute atomic E-state index is 12.6. The van der Waals surface area contributed by atoms with E-state index in [0.29, 0.717) is 17.9 Å². The molecule has 0 fully saturated rings. The Balaban J connectivity index is 1.97. The van der Waals surface area contributed by atoms with Gasteiger partial charge in [-0.25, -0.2) is 4.79 Å². The van der Waals surface area contributed by atoms with Crippen LogP contribution < -0.4 is 15.4 Å². The number of carbonyl (C=O) groups is 3. The van der Waals surface area contributed by atoms with Gasteiger partial charge in [-0.3, -0.25) is 9.59 Å². The van der Waals surface area contributed by atoms with Crippen molar-refractivity contribution in [2.75, 3.05) is 11.9 Å². The molecule has 7 heteroatoms. The lowest BCUT2D eigenvalue weighted by Crippen LogP contribution is -2.44. The van der Waals surface area contributed by atoms with Crippen LogP contribution in [0.25, 0.3) is 0 Å². The normalized spacial score (nSPS) is 11.3. The average Bonchev–Trinajstić information content (AvgIpc) is 2.67. The van der Waals surface area contributed by atoms with Gasteiger partial charge < -0.3 is 20.5 Å². The van der Waals surface area contributed by atoms with Crippen LogP contribution >= 0.6 is 0 Å². The SMILES string of the molecule is CCCC(NC(=O)Cc1ccccc1)C(=O)Nc1cccc(OCC(=O)O)c1. The average molecular weight is 384 g/mol. The minimum Gasteiger partial charge on any atom is -0.482 e. The molecule has 0 aromatic heterocycles. The number of aliphatic carboxylic acids is 1. The van der Waals surface area contributed by atoms with Crippen LogP contribution in [0.4, 0.5) is 5.69 Å². The van der Waals surface area contributed by atoms with E-state index in [1.807, 2.05) is 37.3 Å². The summed E-state index contributed by atoms with van der Waals surface area (Å²) in [6.07, 6.45) is 1.43. The number of hydrogen-bond donors (Lipinski definition) is 3. The summed E-state index contributed by atoms with van der Waals surface area (Å²) in [4.78, 5) is 35.5. The molecule has 7 nitrogen and oxygen atoms in total. The summed E-state index contributed by atoms with van der Waals surface area (Å²) in [5.74, 6) is -1.31. The number of carboxylic acids is 1. The summed E-state index contributed by atoms with van der Waals surface area (Å²) in [6.45, 7) is 1.47.